The van der Waals surface area contributed by atoms with E-state index in [1.54, 1.807) is 12.5 Å². The van der Waals surface area contributed by atoms with Gasteiger partial charge in [-0.25, -0.2) is 4.79 Å². The lowest BCUT2D eigenvalue weighted by atomic mass is 9.31. The molecular weight excluding hydrogens is 540 g/mol. The number of Topliss-reactive ketones (excluding diaryl/α,β-unsaturated/α-hetero) is 1. The molecule has 0 aromatic carbocycles. The molecule has 1 aromatic heterocycles. The number of aliphatic hydroxyl groups is 1. The normalized spacial score (nSPS) is 53.7. The quantitative estimate of drug-likeness (QED) is 0.409. The number of carbonyl (C=O) groups is 3. The molecule has 1 N–H and O–H groups in total. The van der Waals surface area contributed by atoms with Crippen molar-refractivity contribution in [1.29, 1.82) is 0 Å². The fourth-order valence-electron chi connectivity index (χ4n) is 12.9. The summed E-state index contributed by atoms with van der Waals surface area (Å²) < 4.78 is 31.3. The van der Waals surface area contributed by atoms with Gasteiger partial charge in [-0.15, -0.1) is 0 Å². The molecule has 0 amide bonds. The summed E-state index contributed by atoms with van der Waals surface area (Å²) in [6, 6.07) is 1.84. The van der Waals surface area contributed by atoms with Crippen LogP contribution >= 0.6 is 0 Å². The van der Waals surface area contributed by atoms with Crippen LogP contribution < -0.4 is 0 Å². The fraction of sp³-hybridized carbons (Fsp3) is 0.788. The summed E-state index contributed by atoms with van der Waals surface area (Å²) in [7, 11) is 0. The number of furan rings is 1. The zero-order valence-electron chi connectivity index (χ0n) is 24.5. The Morgan fingerprint density at radius 2 is 1.71 bits per heavy atom. The second-order valence-corrected chi connectivity index (χ2v) is 15.5. The molecule has 0 radical (unpaired) electrons. The molecule has 1 aromatic rings. The molecule has 0 unspecified atom stereocenters. The number of epoxide rings is 1. The van der Waals surface area contributed by atoms with Crippen LogP contribution in [0.15, 0.2) is 23.0 Å². The molecule has 2 spiro atoms. The van der Waals surface area contributed by atoms with Gasteiger partial charge in [0.1, 0.15) is 24.4 Å². The van der Waals surface area contributed by atoms with E-state index in [4.69, 9.17) is 23.4 Å². The van der Waals surface area contributed by atoms with Gasteiger partial charge in [-0.1, -0.05) is 26.2 Å². The molecule has 4 saturated carbocycles. The first-order valence-corrected chi connectivity index (χ1v) is 16.0. The van der Waals surface area contributed by atoms with E-state index in [1.165, 1.54) is 0 Å². The first-order chi connectivity index (χ1) is 20.1. The summed E-state index contributed by atoms with van der Waals surface area (Å²) in [6.07, 6.45) is 6.73. The molecule has 9 rings (SSSR count). The minimum atomic E-state index is -1.33. The maximum absolute atomic E-state index is 15.0. The molecule has 8 fully saturated rings. The molecular formula is C33H40O9. The summed E-state index contributed by atoms with van der Waals surface area (Å²) in [4.78, 5) is 42.1. The van der Waals surface area contributed by atoms with Crippen molar-refractivity contribution in [3.63, 3.8) is 0 Å². The van der Waals surface area contributed by atoms with Crippen molar-refractivity contribution in [2.75, 3.05) is 6.61 Å². The second-order valence-electron chi connectivity index (χ2n) is 15.5. The molecule has 12 atom stereocenters. The molecule has 42 heavy (non-hydrogen) atoms. The molecule has 8 aliphatic rings. The van der Waals surface area contributed by atoms with Crippen molar-refractivity contribution in [3.05, 3.63) is 24.2 Å². The molecule has 4 aliphatic carbocycles. The maximum Gasteiger partial charge on any atom is 0.339 e. The zero-order chi connectivity index (χ0) is 29.0. The smallest absolute Gasteiger partial charge is 0.339 e. The minimum absolute atomic E-state index is 0.0351. The number of ketones is 1. The predicted octanol–water partition coefficient (Wildman–Crippen LogP) is 3.91. The lowest BCUT2D eigenvalue weighted by molar-refractivity contribution is -0.289. The van der Waals surface area contributed by atoms with E-state index in [0.717, 1.165) is 44.1 Å². The third kappa shape index (κ3) is 2.58. The van der Waals surface area contributed by atoms with Crippen LogP contribution in [-0.2, 0) is 33.3 Å². The summed E-state index contributed by atoms with van der Waals surface area (Å²) in [5.74, 6) is -2.23. The number of hydrogen-bond acceptors (Lipinski definition) is 9. The minimum Gasteiger partial charge on any atom is -0.472 e. The Morgan fingerprint density at radius 3 is 2.45 bits per heavy atom. The Hall–Kier alpha value is -2.23. The van der Waals surface area contributed by atoms with Gasteiger partial charge < -0.3 is 28.5 Å². The Kier molecular flexibility index (Phi) is 4.92. The number of hydrogen-bond donors (Lipinski definition) is 1. The average molecular weight is 581 g/mol. The summed E-state index contributed by atoms with van der Waals surface area (Å²) in [5.41, 5.74) is -3.79. The topological polar surface area (TPSA) is 125 Å². The highest BCUT2D eigenvalue weighted by Crippen LogP contribution is 2.84. The Bertz CT molecular complexity index is 1380. The van der Waals surface area contributed by atoms with Crippen LogP contribution in [0.5, 0.6) is 0 Å². The van der Waals surface area contributed by atoms with Crippen LogP contribution in [0, 0.1) is 45.8 Å². The van der Waals surface area contributed by atoms with Gasteiger partial charge in [-0.3, -0.25) is 9.59 Å². The molecule has 2 bridgehead atoms. The van der Waals surface area contributed by atoms with Gasteiger partial charge in [0.05, 0.1) is 36.1 Å². The Balaban J connectivity index is 1.36. The Labute approximate surface area is 244 Å². The number of aliphatic hydroxyl groups excluding tert-OH is 1. The van der Waals surface area contributed by atoms with Gasteiger partial charge in [0.15, 0.2) is 11.9 Å². The summed E-state index contributed by atoms with van der Waals surface area (Å²) >= 11 is 0. The van der Waals surface area contributed by atoms with E-state index in [1.807, 2.05) is 19.9 Å². The third-order valence-electron chi connectivity index (χ3n) is 13.7. The van der Waals surface area contributed by atoms with Crippen molar-refractivity contribution in [3.8, 4) is 0 Å². The van der Waals surface area contributed by atoms with E-state index in [-0.39, 0.29) is 36.1 Å². The largest absolute Gasteiger partial charge is 0.472 e. The zero-order valence-corrected chi connectivity index (χ0v) is 24.5. The molecule has 9 heteroatoms. The monoisotopic (exact) mass is 580 g/mol. The van der Waals surface area contributed by atoms with Gasteiger partial charge >= 0.3 is 11.9 Å². The number of cyclic esters (lactones) is 2. The van der Waals surface area contributed by atoms with Crippen molar-refractivity contribution < 1.29 is 42.9 Å². The van der Waals surface area contributed by atoms with Crippen LogP contribution in [0.3, 0.4) is 0 Å². The van der Waals surface area contributed by atoms with Crippen molar-refractivity contribution >= 4 is 17.7 Å². The van der Waals surface area contributed by atoms with E-state index in [0.29, 0.717) is 12.8 Å². The summed E-state index contributed by atoms with van der Waals surface area (Å²) in [6.45, 7) is 6.11. The first-order valence-electron chi connectivity index (χ1n) is 16.0. The SMILES string of the molecule is CC1(C)O[C@H]2[C@@H]3CC[C@@H]4C[C@@]5(C)[C@H](c6ccoc6)OC(=O)[C@H]6O[C@@]65[C@]5(C6CCCCC6)[C@H](O)C(=O)[C@H]1[C@@]2(COC3=O)[C@@H]45. The van der Waals surface area contributed by atoms with Gasteiger partial charge in [0.2, 0.25) is 0 Å². The predicted molar refractivity (Wildman–Crippen MR) is 143 cm³/mol. The molecule has 4 aliphatic heterocycles. The lowest BCUT2D eigenvalue weighted by Gasteiger charge is -2.71. The van der Waals surface area contributed by atoms with Gasteiger partial charge in [0.25, 0.3) is 0 Å². The first kappa shape index (κ1) is 26.2. The van der Waals surface area contributed by atoms with E-state index >= 15 is 0 Å². The van der Waals surface area contributed by atoms with Gasteiger partial charge in [-0.05, 0) is 69.8 Å². The summed E-state index contributed by atoms with van der Waals surface area (Å²) in [5, 5.41) is 12.8. The van der Waals surface area contributed by atoms with E-state index in [2.05, 4.69) is 6.92 Å². The number of rotatable bonds is 2. The van der Waals surface area contributed by atoms with Crippen LogP contribution in [0.1, 0.15) is 83.8 Å². The number of ether oxygens (including phenoxy) is 4. The number of esters is 2. The fourth-order valence-corrected chi connectivity index (χ4v) is 12.9. The molecule has 226 valence electrons. The second kappa shape index (κ2) is 7.88. The lowest BCUT2D eigenvalue weighted by Crippen LogP contribution is -2.80. The third-order valence-corrected chi connectivity index (χ3v) is 13.7. The van der Waals surface area contributed by atoms with Crippen molar-refractivity contribution in [2.24, 2.45) is 45.8 Å². The standard InChI is InChI=1S/C33H40O9/c1-29(2)22-20(34)23(35)32(18-7-5-4-6-8-18)21-16(9-10-19-25(41-29)31(21,22)15-39-27(19)36)13-30(3)24(17-11-12-38-14-17)40-28(37)26-33(30,32)42-26/h11-12,14,16,18-19,21-26,35H,4-10,13,15H2,1-3H3/t16-,19+,21-,22-,23-,24+,25+,26-,30+,31-,32+,33+/m1/s1. The van der Waals surface area contributed by atoms with Crippen LogP contribution in [0.25, 0.3) is 0 Å². The van der Waals surface area contributed by atoms with Crippen molar-refractivity contribution in [2.45, 2.75) is 108 Å². The van der Waals surface area contributed by atoms with E-state index in [9.17, 15) is 19.5 Å². The molecule has 5 heterocycles. The Morgan fingerprint density at radius 1 is 0.929 bits per heavy atom. The van der Waals surface area contributed by atoms with Gasteiger partial charge in [0, 0.05) is 21.8 Å². The van der Waals surface area contributed by atoms with Crippen LogP contribution in [-0.4, -0.2) is 58.9 Å². The average Bonchev–Trinajstić information content (AvgIpc) is 3.43. The molecule has 9 nitrogen and oxygen atoms in total. The van der Waals surface area contributed by atoms with Crippen LogP contribution in [0.4, 0.5) is 0 Å². The highest BCUT2D eigenvalue weighted by atomic mass is 16.7. The van der Waals surface area contributed by atoms with E-state index < -0.39 is 69.7 Å². The highest BCUT2D eigenvalue weighted by molar-refractivity contribution is 5.92. The maximum atomic E-state index is 15.0. The number of carbonyl (C=O) groups excluding carboxylic acids is 3. The van der Waals surface area contributed by atoms with Crippen LogP contribution in [0.2, 0.25) is 0 Å². The molecule has 4 saturated heterocycles. The highest BCUT2D eigenvalue weighted by Gasteiger charge is 2.94. The van der Waals surface area contributed by atoms with Gasteiger partial charge in [-0.2, -0.15) is 0 Å². The van der Waals surface area contributed by atoms with Crippen molar-refractivity contribution in [1.82, 2.24) is 0 Å².